The van der Waals surface area contributed by atoms with Crippen LogP contribution in [0.2, 0.25) is 0 Å². The third-order valence-corrected chi connectivity index (χ3v) is 9.26. The van der Waals surface area contributed by atoms with Gasteiger partial charge in [0, 0.05) is 11.6 Å². The fourth-order valence-electron chi connectivity index (χ4n) is 6.02. The van der Waals surface area contributed by atoms with Gasteiger partial charge in [0.25, 0.3) is 0 Å². The zero-order chi connectivity index (χ0) is 41.3. The highest BCUT2D eigenvalue weighted by atomic mass is 16.5. The molecule has 10 heteroatoms. The second kappa shape index (κ2) is 21.8. The van der Waals surface area contributed by atoms with Gasteiger partial charge in [0.15, 0.2) is 0 Å². The number of ether oxygens (including phenoxy) is 6. The Morgan fingerprint density at radius 2 is 1.00 bits per heavy atom. The lowest BCUT2D eigenvalue weighted by atomic mass is 10.1. The Balaban J connectivity index is 1.05. The van der Waals surface area contributed by atoms with Crippen molar-refractivity contribution in [2.75, 3.05) is 26.4 Å². The van der Waals surface area contributed by atoms with Crippen molar-refractivity contribution in [3.8, 4) is 23.0 Å². The summed E-state index contributed by atoms with van der Waals surface area (Å²) in [5.74, 6) is 0.420. The van der Waals surface area contributed by atoms with Crippen LogP contribution < -0.4 is 18.9 Å². The van der Waals surface area contributed by atoms with Crippen LogP contribution in [0.4, 0.5) is 0 Å². The van der Waals surface area contributed by atoms with Crippen molar-refractivity contribution < 1.29 is 47.6 Å². The number of fused-ring (bicyclic) bond motifs is 2. The number of hydrogen-bond acceptors (Lipinski definition) is 10. The number of unbranched alkanes of at least 4 members (excludes halogenated alkanes) is 6. The second-order valence-electron chi connectivity index (χ2n) is 14.0. The van der Waals surface area contributed by atoms with Gasteiger partial charge in [-0.2, -0.15) is 0 Å². The summed E-state index contributed by atoms with van der Waals surface area (Å²) in [6.07, 6.45) is 8.34. The van der Waals surface area contributed by atoms with Crippen molar-refractivity contribution in [2.24, 2.45) is 0 Å². The summed E-state index contributed by atoms with van der Waals surface area (Å²) in [4.78, 5) is 48.7. The molecule has 0 aliphatic rings. The molecule has 0 atom stereocenters. The molecule has 0 spiro atoms. The van der Waals surface area contributed by atoms with Crippen molar-refractivity contribution in [1.29, 1.82) is 0 Å². The first-order valence-corrected chi connectivity index (χ1v) is 19.6. The minimum Gasteiger partial charge on any atom is -0.494 e. The highest BCUT2D eigenvalue weighted by molar-refractivity contribution is 5.98. The summed E-state index contributed by atoms with van der Waals surface area (Å²) in [5.41, 5.74) is 1.84. The molecule has 0 radical (unpaired) electrons. The molecule has 0 aliphatic carbocycles. The van der Waals surface area contributed by atoms with Crippen LogP contribution >= 0.6 is 0 Å². The predicted octanol–water partition coefficient (Wildman–Crippen LogP) is 10.5. The van der Waals surface area contributed by atoms with Crippen molar-refractivity contribution in [2.45, 2.75) is 65.2 Å². The molecule has 0 amide bonds. The van der Waals surface area contributed by atoms with Gasteiger partial charge >= 0.3 is 23.9 Å². The smallest absolute Gasteiger partial charge is 0.343 e. The SMILES string of the molecule is C=CC(=O)OCCCCCCOc1ccc2cc(C(=O)Oc3ccc(OC(=O)c4ccc5cc(OCCCCCCOC(=O)C(=C)C)ccc5c4)cc3C)ccc2c1. The average molecular weight is 787 g/mol. The molecule has 0 aliphatic heterocycles. The average Bonchev–Trinajstić information content (AvgIpc) is 3.22. The molecule has 0 aromatic heterocycles. The van der Waals surface area contributed by atoms with Crippen LogP contribution in [-0.2, 0) is 19.1 Å². The molecule has 0 bridgehead atoms. The number of carbonyl (C=O) groups is 4. The van der Waals surface area contributed by atoms with Gasteiger partial charge in [0.05, 0.1) is 37.6 Å². The number of hydrogen-bond donors (Lipinski definition) is 0. The maximum absolute atomic E-state index is 13.1. The molecular weight excluding hydrogens is 737 g/mol. The molecule has 0 saturated carbocycles. The van der Waals surface area contributed by atoms with Crippen molar-refractivity contribution >= 4 is 45.4 Å². The van der Waals surface area contributed by atoms with Crippen LogP contribution in [-0.4, -0.2) is 50.3 Å². The fourth-order valence-corrected chi connectivity index (χ4v) is 6.02. The minimum atomic E-state index is -0.508. The summed E-state index contributed by atoms with van der Waals surface area (Å²) >= 11 is 0. The fraction of sp³-hybridized carbons (Fsp3) is 0.292. The molecule has 5 aromatic rings. The standard InChI is InChI=1S/C48H50O10/c1-5-45(49)55-26-12-8-6-10-24-53-42-21-19-36-30-40(17-15-38(36)32-42)48(52)58-44-23-22-43(28-34(44)4)57-47(51)39-16-14-37-31-41(20-18-35(37)29-39)54-25-11-7-9-13-27-56-46(50)33(2)3/h5,14-23,28-32H,1-2,6-13,24-27H2,3-4H3. The van der Waals surface area contributed by atoms with Gasteiger partial charge in [0.2, 0.25) is 0 Å². The Labute approximate surface area is 339 Å². The van der Waals surface area contributed by atoms with E-state index in [1.165, 1.54) is 0 Å². The quantitative estimate of drug-likeness (QED) is 0.0290. The van der Waals surface area contributed by atoms with Crippen molar-refractivity contribution in [1.82, 2.24) is 0 Å². The Morgan fingerprint density at radius 1 is 0.534 bits per heavy atom. The lowest BCUT2D eigenvalue weighted by Gasteiger charge is -2.11. The number of rotatable bonds is 22. The van der Waals surface area contributed by atoms with E-state index in [0.717, 1.165) is 90.5 Å². The molecule has 10 nitrogen and oxygen atoms in total. The van der Waals surface area contributed by atoms with Crippen LogP contribution in [0.15, 0.2) is 116 Å². The van der Waals surface area contributed by atoms with Gasteiger partial charge < -0.3 is 28.4 Å². The maximum atomic E-state index is 13.1. The summed E-state index contributed by atoms with van der Waals surface area (Å²) < 4.78 is 33.4. The minimum absolute atomic E-state index is 0.328. The van der Waals surface area contributed by atoms with Crippen molar-refractivity contribution in [3.63, 3.8) is 0 Å². The van der Waals surface area contributed by atoms with Gasteiger partial charge in [-0.15, -0.1) is 0 Å². The molecule has 0 N–H and O–H groups in total. The van der Waals surface area contributed by atoms with Gasteiger partial charge in [-0.25, -0.2) is 19.2 Å². The first kappa shape index (κ1) is 42.7. The van der Waals surface area contributed by atoms with Gasteiger partial charge in [0.1, 0.15) is 23.0 Å². The van der Waals surface area contributed by atoms with Gasteiger partial charge in [-0.05, 0) is 159 Å². The van der Waals surface area contributed by atoms with Crippen LogP contribution in [0.3, 0.4) is 0 Å². The molecule has 5 rings (SSSR count). The zero-order valence-electron chi connectivity index (χ0n) is 33.2. The van der Waals surface area contributed by atoms with E-state index in [1.807, 2.05) is 48.5 Å². The summed E-state index contributed by atoms with van der Waals surface area (Å²) in [6.45, 7) is 12.3. The van der Waals surface area contributed by atoms with E-state index in [1.54, 1.807) is 56.3 Å². The number of aryl methyl sites for hydroxylation is 1. The number of benzene rings is 5. The van der Waals surface area contributed by atoms with E-state index < -0.39 is 17.9 Å². The van der Waals surface area contributed by atoms with Crippen LogP contribution in [0, 0.1) is 6.92 Å². The first-order chi connectivity index (χ1) is 28.1. The lowest BCUT2D eigenvalue weighted by molar-refractivity contribution is -0.139. The molecule has 0 heterocycles. The highest BCUT2D eigenvalue weighted by Gasteiger charge is 2.15. The molecular formula is C48H50O10. The molecule has 58 heavy (non-hydrogen) atoms. The first-order valence-electron chi connectivity index (χ1n) is 19.6. The number of carbonyl (C=O) groups excluding carboxylic acids is 4. The van der Waals surface area contributed by atoms with Gasteiger partial charge in [-0.3, -0.25) is 0 Å². The third-order valence-electron chi connectivity index (χ3n) is 9.26. The Morgan fingerprint density at radius 3 is 1.52 bits per heavy atom. The maximum Gasteiger partial charge on any atom is 0.343 e. The van der Waals surface area contributed by atoms with E-state index in [0.29, 0.717) is 60.2 Å². The predicted molar refractivity (Wildman–Crippen MR) is 224 cm³/mol. The summed E-state index contributed by atoms with van der Waals surface area (Å²) in [6, 6.07) is 27.0. The second-order valence-corrected chi connectivity index (χ2v) is 14.0. The van der Waals surface area contributed by atoms with Crippen LogP contribution in [0.25, 0.3) is 21.5 Å². The largest absolute Gasteiger partial charge is 0.494 e. The van der Waals surface area contributed by atoms with E-state index in [-0.39, 0.29) is 5.97 Å². The van der Waals surface area contributed by atoms with E-state index in [4.69, 9.17) is 28.4 Å². The van der Waals surface area contributed by atoms with E-state index in [9.17, 15) is 19.2 Å². The monoisotopic (exact) mass is 786 g/mol. The summed E-state index contributed by atoms with van der Waals surface area (Å²) in [7, 11) is 0. The summed E-state index contributed by atoms with van der Waals surface area (Å²) in [5, 5.41) is 3.61. The molecule has 302 valence electrons. The van der Waals surface area contributed by atoms with Crippen LogP contribution in [0.1, 0.15) is 84.6 Å². The molecule has 5 aromatic carbocycles. The zero-order valence-corrected chi connectivity index (χ0v) is 33.2. The Hall–Kier alpha value is -6.42. The Bertz CT molecular complexity index is 2260. The molecule has 0 saturated heterocycles. The highest BCUT2D eigenvalue weighted by Crippen LogP contribution is 2.28. The number of esters is 4. The normalized spacial score (nSPS) is 10.8. The molecule has 0 unspecified atom stereocenters. The van der Waals surface area contributed by atoms with Crippen LogP contribution in [0.5, 0.6) is 23.0 Å². The van der Waals surface area contributed by atoms with E-state index >= 15 is 0 Å². The topological polar surface area (TPSA) is 124 Å². The van der Waals surface area contributed by atoms with Crippen molar-refractivity contribution in [3.05, 3.63) is 132 Å². The molecule has 0 fully saturated rings. The Kier molecular flexibility index (Phi) is 16.0. The van der Waals surface area contributed by atoms with E-state index in [2.05, 4.69) is 13.2 Å². The lowest BCUT2D eigenvalue weighted by Crippen LogP contribution is -2.10. The third kappa shape index (κ3) is 13.1. The van der Waals surface area contributed by atoms with Gasteiger partial charge in [-0.1, -0.05) is 37.4 Å².